The number of piperidine rings is 2. The number of hydrogen-bond donors (Lipinski definition) is 2. The van der Waals surface area contributed by atoms with Crippen molar-refractivity contribution in [2.75, 3.05) is 36.4 Å². The summed E-state index contributed by atoms with van der Waals surface area (Å²) in [4.78, 5) is 66.7. The Balaban J connectivity index is 0.678. The molecule has 7 aromatic rings. The molecule has 1 saturated carbocycles. The minimum absolute atomic E-state index is 0.117. The maximum Gasteiger partial charge on any atom is 0.358 e. The fraction of sp³-hybridized carbons (Fsp3) is 0.426. The van der Waals surface area contributed by atoms with Crippen molar-refractivity contribution < 1.29 is 33.4 Å². The molecule has 0 spiro atoms. The predicted molar refractivity (Wildman–Crippen MR) is 300 cm³/mol. The molecule has 16 heteroatoms. The maximum atomic E-state index is 14.1. The number of hydrogen-bond acceptors (Lipinski definition) is 13. The van der Waals surface area contributed by atoms with Crippen molar-refractivity contribution in [3.8, 4) is 22.6 Å². The third kappa shape index (κ3) is 11.6. The van der Waals surface area contributed by atoms with E-state index < -0.39 is 17.5 Å². The van der Waals surface area contributed by atoms with Crippen LogP contribution >= 0.6 is 11.3 Å². The largest absolute Gasteiger partial charge is 0.490 e. The summed E-state index contributed by atoms with van der Waals surface area (Å²) >= 11 is 1.45. The van der Waals surface area contributed by atoms with Crippen molar-refractivity contribution in [2.24, 2.45) is 13.0 Å². The number of ether oxygens (including phenoxy) is 3. The summed E-state index contributed by atoms with van der Waals surface area (Å²) in [6.45, 7) is 11.9. The molecule has 1 atom stereocenters. The van der Waals surface area contributed by atoms with E-state index in [4.69, 9.17) is 19.2 Å². The number of nitrogens with one attached hydrogen (secondary N) is 2. The number of fused-ring (bicyclic) bond motifs is 3. The summed E-state index contributed by atoms with van der Waals surface area (Å²) < 4.78 is 22.1. The number of anilines is 2. The lowest BCUT2D eigenvalue weighted by molar-refractivity contribution is -0.134. The van der Waals surface area contributed by atoms with Gasteiger partial charge in [-0.2, -0.15) is 5.10 Å². The summed E-state index contributed by atoms with van der Waals surface area (Å²) in [5.41, 5.74) is 7.14. The molecule has 0 radical (unpaired) electrons. The first kappa shape index (κ1) is 51.9. The SMILES string of the molecule is Cc1c(OC2CCC(CCCN3CCC(Oc4ccc5c(C6CCC(=O)NC6=O)nn(C)c5c4)CC3)CC2)cccc1-c1ccc(N2CCc3cccc(C(=O)Nc4nc5ccccc5s4)c3C2)nc1C(=O)OC(C)(C)C. The van der Waals surface area contributed by atoms with Gasteiger partial charge in [-0.05, 0) is 175 Å². The minimum Gasteiger partial charge on any atom is -0.490 e. The number of thiazole rings is 1. The Morgan fingerprint density at radius 3 is 2.40 bits per heavy atom. The van der Waals surface area contributed by atoms with Gasteiger partial charge < -0.3 is 24.0 Å². The van der Waals surface area contributed by atoms with Crippen LogP contribution < -0.4 is 25.0 Å². The van der Waals surface area contributed by atoms with Crippen LogP contribution in [0.1, 0.15) is 134 Å². The lowest BCUT2D eigenvalue weighted by Crippen LogP contribution is -2.39. The van der Waals surface area contributed by atoms with Crippen molar-refractivity contribution in [3.05, 3.63) is 125 Å². The van der Waals surface area contributed by atoms with Crippen LogP contribution in [-0.4, -0.2) is 92.3 Å². The number of pyridine rings is 1. The van der Waals surface area contributed by atoms with Crippen LogP contribution in [0.2, 0.25) is 0 Å². The van der Waals surface area contributed by atoms with Gasteiger partial charge in [0.1, 0.15) is 29.0 Å². The van der Waals surface area contributed by atoms with Crippen molar-refractivity contribution in [3.63, 3.8) is 0 Å². The van der Waals surface area contributed by atoms with Crippen LogP contribution in [0.25, 0.3) is 32.2 Å². The van der Waals surface area contributed by atoms with Gasteiger partial charge in [0.25, 0.3) is 5.91 Å². The lowest BCUT2D eigenvalue weighted by atomic mass is 9.84. The van der Waals surface area contributed by atoms with E-state index in [0.717, 1.165) is 113 Å². The molecule has 3 fully saturated rings. The number of likely N-dealkylation sites (tertiary alicyclic amines) is 1. The van der Waals surface area contributed by atoms with E-state index in [1.807, 2.05) is 113 Å². The summed E-state index contributed by atoms with van der Waals surface area (Å²) in [5, 5.41) is 11.7. The van der Waals surface area contributed by atoms with Gasteiger partial charge >= 0.3 is 5.97 Å². The van der Waals surface area contributed by atoms with Gasteiger partial charge in [0.15, 0.2) is 10.8 Å². The monoisotopic (exact) mass is 1060 g/mol. The fourth-order valence-corrected chi connectivity index (χ4v) is 12.6. The Kier molecular flexibility index (Phi) is 14.9. The van der Waals surface area contributed by atoms with Crippen LogP contribution in [0.5, 0.6) is 11.5 Å². The third-order valence-electron chi connectivity index (χ3n) is 15.8. The molecule has 77 heavy (non-hydrogen) atoms. The van der Waals surface area contributed by atoms with Gasteiger partial charge in [-0.15, -0.1) is 0 Å². The highest BCUT2D eigenvalue weighted by atomic mass is 32.1. The molecular formula is C61H68N8O7S. The zero-order valence-corrected chi connectivity index (χ0v) is 45.5. The molecule has 3 aliphatic heterocycles. The highest BCUT2D eigenvalue weighted by Gasteiger charge is 2.33. The van der Waals surface area contributed by atoms with E-state index in [-0.39, 0.29) is 35.6 Å². The molecule has 6 heterocycles. The van der Waals surface area contributed by atoms with Crippen molar-refractivity contribution >= 4 is 67.1 Å². The van der Waals surface area contributed by atoms with E-state index in [1.165, 1.54) is 24.2 Å². The quantitative estimate of drug-likeness (QED) is 0.0782. The lowest BCUT2D eigenvalue weighted by Gasteiger charge is -2.33. The number of carbonyl (C=O) groups is 4. The molecule has 2 saturated heterocycles. The molecule has 2 N–H and O–H groups in total. The van der Waals surface area contributed by atoms with Crippen molar-refractivity contribution in [1.82, 2.24) is 30.0 Å². The number of nitrogens with zero attached hydrogens (tertiary/aromatic N) is 6. The first-order valence-electron chi connectivity index (χ1n) is 27.4. The predicted octanol–water partition coefficient (Wildman–Crippen LogP) is 11.1. The second kappa shape index (κ2) is 22.1. The summed E-state index contributed by atoms with van der Waals surface area (Å²) in [5.74, 6) is 1.32. The van der Waals surface area contributed by atoms with Gasteiger partial charge in [-0.1, -0.05) is 47.7 Å². The van der Waals surface area contributed by atoms with E-state index in [1.54, 1.807) is 4.68 Å². The second-order valence-corrected chi connectivity index (χ2v) is 23.3. The molecule has 4 aliphatic rings. The number of aryl methyl sites for hydroxylation is 1. The molecule has 11 rings (SSSR count). The van der Waals surface area contributed by atoms with E-state index >= 15 is 0 Å². The van der Waals surface area contributed by atoms with Crippen LogP contribution in [0.15, 0.2) is 91.0 Å². The summed E-state index contributed by atoms with van der Waals surface area (Å²) in [6.07, 6.45) is 10.4. The number of para-hydroxylation sites is 1. The average molecular weight is 1060 g/mol. The Morgan fingerprint density at radius 1 is 0.818 bits per heavy atom. The van der Waals surface area contributed by atoms with Gasteiger partial charge in [-0.25, -0.2) is 14.8 Å². The van der Waals surface area contributed by atoms with Gasteiger partial charge in [0.2, 0.25) is 11.8 Å². The molecule has 4 aromatic carbocycles. The Labute approximate surface area is 453 Å². The topological polar surface area (TPSA) is 170 Å². The molecule has 1 aliphatic carbocycles. The average Bonchev–Trinajstić information content (AvgIpc) is 4.02. The normalized spacial score (nSPS) is 19.5. The molecule has 3 amide bonds. The number of rotatable bonds is 14. The Morgan fingerprint density at radius 2 is 1.61 bits per heavy atom. The van der Waals surface area contributed by atoms with Gasteiger partial charge in [-0.3, -0.25) is 29.7 Å². The second-order valence-electron chi connectivity index (χ2n) is 22.3. The fourth-order valence-electron chi connectivity index (χ4n) is 11.8. The van der Waals surface area contributed by atoms with E-state index in [0.29, 0.717) is 66.0 Å². The zero-order valence-electron chi connectivity index (χ0n) is 44.7. The van der Waals surface area contributed by atoms with E-state index in [2.05, 4.69) is 43.5 Å². The Hall–Kier alpha value is -7.17. The third-order valence-corrected chi connectivity index (χ3v) is 16.8. The smallest absolute Gasteiger partial charge is 0.358 e. The molecule has 400 valence electrons. The van der Waals surface area contributed by atoms with E-state index in [9.17, 15) is 19.2 Å². The minimum atomic E-state index is -0.733. The number of aromatic nitrogens is 4. The number of esters is 1. The molecular weight excluding hydrogens is 989 g/mol. The van der Waals surface area contributed by atoms with Crippen LogP contribution in [0.3, 0.4) is 0 Å². The first-order valence-corrected chi connectivity index (χ1v) is 28.2. The van der Waals surface area contributed by atoms with Crippen molar-refractivity contribution in [2.45, 2.75) is 129 Å². The summed E-state index contributed by atoms with van der Waals surface area (Å²) in [6, 6.07) is 29.7. The number of benzene rings is 4. The van der Waals surface area contributed by atoms with Gasteiger partial charge in [0.05, 0.1) is 33.4 Å². The highest BCUT2D eigenvalue weighted by molar-refractivity contribution is 7.22. The number of amides is 3. The Bertz CT molecular complexity index is 3330. The molecule has 0 bridgehead atoms. The highest BCUT2D eigenvalue weighted by Crippen LogP contribution is 2.39. The maximum absolute atomic E-state index is 14.1. The molecule has 1 unspecified atom stereocenters. The van der Waals surface area contributed by atoms with Crippen LogP contribution in [-0.2, 0) is 34.3 Å². The number of carbonyl (C=O) groups excluding carboxylic acids is 4. The van der Waals surface area contributed by atoms with Crippen molar-refractivity contribution in [1.29, 1.82) is 0 Å². The zero-order chi connectivity index (χ0) is 53.4. The first-order chi connectivity index (χ1) is 37.2. The number of imide groups is 1. The van der Waals surface area contributed by atoms with Crippen LogP contribution in [0.4, 0.5) is 10.9 Å². The molecule has 3 aromatic heterocycles. The van der Waals surface area contributed by atoms with Crippen LogP contribution in [0, 0.1) is 12.8 Å². The summed E-state index contributed by atoms with van der Waals surface area (Å²) in [7, 11) is 1.88. The molecule has 15 nitrogen and oxygen atoms in total. The standard InChI is InChI=1S/C61H68N8O7S/c1-37-43(44-24-26-53(63-56(44)59(73)76-61(2,3)4)69-34-28-39-12-8-14-45(48(39)36-69)57(71)65-60-62-49-15-6-7-17-52(49)77-60)13-9-16-51(37)75-40-20-18-38(19-21-40)11-10-31-68-32-29-41(30-33-68)74-42-22-23-46-50(35-42)67(5)66-55(46)47-25-27-54(70)64-58(47)72/h6-9,12-17,22-24,26,35,38,40-41,47H,10-11,18-21,25,27-34,36H2,1-5H3,(H,62,65,71)(H,64,70,72). The van der Waals surface area contributed by atoms with Gasteiger partial charge in [0, 0.05) is 62.2 Å².